The Morgan fingerprint density at radius 3 is 1.69 bits per heavy atom. The number of benzene rings is 3. The Kier molecular flexibility index (Phi) is 5.87. The first kappa shape index (κ1) is 23.5. The van der Waals surface area contributed by atoms with Gasteiger partial charge in [-0.1, -0.05) is 84.0 Å². The van der Waals surface area contributed by atoms with Crippen molar-refractivity contribution in [1.29, 1.82) is 0 Å². The van der Waals surface area contributed by atoms with Crippen LogP contribution in [0.4, 0.5) is 0 Å². The molecule has 1 aliphatic rings. The molecule has 4 nitrogen and oxygen atoms in total. The third-order valence-electron chi connectivity index (χ3n) is 6.14. The van der Waals surface area contributed by atoms with Crippen molar-refractivity contribution in [3.05, 3.63) is 59.7 Å². The Hall–Kier alpha value is -1.64. The van der Waals surface area contributed by atoms with Crippen molar-refractivity contribution < 1.29 is 19.6 Å². The summed E-state index contributed by atoms with van der Waals surface area (Å²) in [7, 11) is -5.09. The van der Waals surface area contributed by atoms with Crippen LogP contribution >= 0.6 is 16.8 Å². The van der Waals surface area contributed by atoms with E-state index in [4.69, 9.17) is 0 Å². The van der Waals surface area contributed by atoms with Gasteiger partial charge in [-0.3, -0.25) is 0 Å². The van der Waals surface area contributed by atoms with Crippen molar-refractivity contribution in [3.8, 4) is 33.4 Å². The van der Waals surface area contributed by atoms with Gasteiger partial charge in [0.25, 0.3) is 0 Å². The highest BCUT2D eigenvalue weighted by molar-refractivity contribution is 7.61. The lowest BCUT2D eigenvalue weighted by molar-refractivity contribution is 0.492. The molecule has 0 atom stereocenters. The van der Waals surface area contributed by atoms with Crippen LogP contribution in [-0.4, -0.2) is 19.6 Å². The Bertz CT molecular complexity index is 1200. The van der Waals surface area contributed by atoms with Crippen molar-refractivity contribution in [2.75, 3.05) is 0 Å². The van der Waals surface area contributed by atoms with Gasteiger partial charge >= 0.3 is 0 Å². The minimum Gasteiger partial charge on any atom is -0.347 e. The van der Waals surface area contributed by atoms with Crippen molar-refractivity contribution in [2.45, 2.75) is 52.4 Å². The third-order valence-corrected chi connectivity index (χ3v) is 8.03. The Morgan fingerprint density at radius 1 is 0.562 bits per heavy atom. The van der Waals surface area contributed by atoms with Crippen LogP contribution in [0.25, 0.3) is 33.4 Å². The normalized spacial score (nSPS) is 13.2. The number of hydrogen-bond acceptors (Lipinski definition) is 4. The molecule has 168 valence electrons. The molecular formula is C26H30O4P2. The first-order valence-electron chi connectivity index (χ1n) is 10.6. The molecule has 3 aromatic carbocycles. The second-order valence-electron chi connectivity index (χ2n) is 10.4. The maximum Gasteiger partial charge on any atom is 0.201 e. The van der Waals surface area contributed by atoms with Gasteiger partial charge in [0.1, 0.15) is 0 Å². The van der Waals surface area contributed by atoms with E-state index >= 15 is 0 Å². The predicted octanol–water partition coefficient (Wildman–Crippen LogP) is 5.44. The zero-order valence-electron chi connectivity index (χ0n) is 19.3. The molecule has 0 heterocycles. The summed E-state index contributed by atoms with van der Waals surface area (Å²) in [5, 5.41) is 0.487. The molecule has 0 aromatic heterocycles. The Balaban J connectivity index is 2.08. The summed E-state index contributed by atoms with van der Waals surface area (Å²) in [5.74, 6) is 0. The van der Waals surface area contributed by atoms with Crippen LogP contribution in [0, 0.1) is 0 Å². The van der Waals surface area contributed by atoms with E-state index in [2.05, 4.69) is 53.7 Å². The van der Waals surface area contributed by atoms with Gasteiger partial charge in [0.2, 0.25) is 16.8 Å². The minimum absolute atomic E-state index is 0.0307. The molecule has 1 aliphatic carbocycles. The van der Waals surface area contributed by atoms with Crippen LogP contribution in [0.2, 0.25) is 0 Å². The first-order chi connectivity index (χ1) is 14.8. The topological polar surface area (TPSA) is 80.9 Å². The number of rotatable bonds is 3. The van der Waals surface area contributed by atoms with E-state index in [0.29, 0.717) is 5.56 Å². The molecule has 4 rings (SSSR count). The molecule has 0 fully saturated rings. The maximum atomic E-state index is 10.5. The molecule has 3 aromatic rings. The summed E-state index contributed by atoms with van der Waals surface area (Å²) < 4.78 is 0. The maximum absolute atomic E-state index is 10.5. The summed E-state index contributed by atoms with van der Waals surface area (Å²) in [6.07, 6.45) is 0. The molecule has 4 N–H and O–H groups in total. The van der Waals surface area contributed by atoms with Crippen LogP contribution in [0.5, 0.6) is 0 Å². The molecule has 0 saturated heterocycles. The van der Waals surface area contributed by atoms with Crippen LogP contribution in [0.15, 0.2) is 48.5 Å². The van der Waals surface area contributed by atoms with Gasteiger partial charge in [-0.25, -0.2) is 0 Å². The van der Waals surface area contributed by atoms with E-state index in [0.717, 1.165) is 33.4 Å². The average molecular weight is 468 g/mol. The van der Waals surface area contributed by atoms with Crippen molar-refractivity contribution in [2.24, 2.45) is 0 Å². The first-order valence-corrected chi connectivity index (χ1v) is 13.1. The Morgan fingerprint density at radius 2 is 1.16 bits per heavy atom. The largest absolute Gasteiger partial charge is 0.347 e. The minimum atomic E-state index is -2.56. The molecule has 0 amide bonds. The third kappa shape index (κ3) is 3.84. The molecule has 0 unspecified atom stereocenters. The van der Waals surface area contributed by atoms with Gasteiger partial charge in [-0.15, -0.1) is 0 Å². The zero-order valence-corrected chi connectivity index (χ0v) is 21.1. The average Bonchev–Trinajstić information content (AvgIpc) is 2.68. The highest BCUT2D eigenvalue weighted by Crippen LogP contribution is 2.52. The molecular weight excluding hydrogens is 438 g/mol. The second-order valence-corrected chi connectivity index (χ2v) is 12.5. The SMILES string of the molecule is CC(C)(C)c1ccc(-c2cc3c(c(P(O)O)c2P(O)O)-c2ccccc2-3)c(C(C)(C)C)c1. The standard InChI is InChI=1S/C26H30O4P2/c1-25(2,3)15-11-12-17(21(13-15)26(4,5)6)20-14-19-16-9-7-8-10-18(16)22(19)24(32(29)30)23(20)31(27)28/h7-14,27-30H,1-6H3. The monoisotopic (exact) mass is 468 g/mol. The zero-order chi connectivity index (χ0) is 23.6. The molecule has 32 heavy (non-hydrogen) atoms. The van der Waals surface area contributed by atoms with E-state index in [-0.39, 0.29) is 21.4 Å². The fraction of sp³-hybridized carbons (Fsp3) is 0.308. The van der Waals surface area contributed by atoms with Crippen molar-refractivity contribution in [1.82, 2.24) is 0 Å². The van der Waals surface area contributed by atoms with Gasteiger partial charge in [0, 0.05) is 5.56 Å². The van der Waals surface area contributed by atoms with E-state index < -0.39 is 16.8 Å². The molecule has 0 spiro atoms. The lowest BCUT2D eigenvalue weighted by Crippen LogP contribution is -2.30. The van der Waals surface area contributed by atoms with Gasteiger partial charge in [0.15, 0.2) is 0 Å². The molecule has 0 aliphatic heterocycles. The molecule has 0 saturated carbocycles. The van der Waals surface area contributed by atoms with Crippen LogP contribution in [0.3, 0.4) is 0 Å². The van der Waals surface area contributed by atoms with Crippen molar-refractivity contribution in [3.63, 3.8) is 0 Å². The lowest BCUT2D eigenvalue weighted by Gasteiger charge is -2.33. The lowest BCUT2D eigenvalue weighted by atomic mass is 9.75. The van der Waals surface area contributed by atoms with Crippen LogP contribution in [0.1, 0.15) is 52.7 Å². The summed E-state index contributed by atoms with van der Waals surface area (Å²) in [6, 6.07) is 16.1. The predicted molar refractivity (Wildman–Crippen MR) is 136 cm³/mol. The molecule has 6 heteroatoms. The van der Waals surface area contributed by atoms with Crippen LogP contribution in [-0.2, 0) is 10.8 Å². The van der Waals surface area contributed by atoms with Gasteiger partial charge in [-0.2, -0.15) is 0 Å². The molecule has 0 radical (unpaired) electrons. The van der Waals surface area contributed by atoms with Gasteiger partial charge in [0.05, 0.1) is 10.6 Å². The van der Waals surface area contributed by atoms with Crippen LogP contribution < -0.4 is 10.6 Å². The summed E-state index contributed by atoms with van der Waals surface area (Å²) >= 11 is 0. The second kappa shape index (κ2) is 7.99. The van der Waals surface area contributed by atoms with Crippen molar-refractivity contribution >= 4 is 27.4 Å². The van der Waals surface area contributed by atoms with E-state index in [1.165, 1.54) is 5.56 Å². The van der Waals surface area contributed by atoms with E-state index in [1.807, 2.05) is 36.4 Å². The fourth-order valence-corrected chi connectivity index (χ4v) is 6.47. The summed E-state index contributed by atoms with van der Waals surface area (Å²) in [6.45, 7) is 12.9. The highest BCUT2D eigenvalue weighted by Gasteiger charge is 2.35. The number of fused-ring (bicyclic) bond motifs is 4. The molecule has 0 bridgehead atoms. The van der Waals surface area contributed by atoms with Gasteiger partial charge in [-0.05, 0) is 55.8 Å². The Labute approximate surface area is 192 Å². The fourth-order valence-electron chi connectivity index (χ4n) is 4.49. The summed E-state index contributed by atoms with van der Waals surface area (Å²) in [5.41, 5.74) is 7.19. The van der Waals surface area contributed by atoms with E-state index in [1.54, 1.807) is 0 Å². The number of hydrogen-bond donors (Lipinski definition) is 4. The summed E-state index contributed by atoms with van der Waals surface area (Å²) in [4.78, 5) is 41.7. The quantitative estimate of drug-likeness (QED) is 0.302. The van der Waals surface area contributed by atoms with Gasteiger partial charge < -0.3 is 19.6 Å². The van der Waals surface area contributed by atoms with E-state index in [9.17, 15) is 19.6 Å². The highest BCUT2D eigenvalue weighted by atomic mass is 31.2. The smallest absolute Gasteiger partial charge is 0.201 e.